The number of nitrogens with one attached hydrogen (secondary N) is 1. The first-order valence-electron chi connectivity index (χ1n) is 11.4. The largest absolute Gasteiger partial charge is 0.505 e. The van der Waals surface area contributed by atoms with Crippen molar-refractivity contribution in [2.45, 2.75) is 6.18 Å². The van der Waals surface area contributed by atoms with Crippen LogP contribution in [-0.4, -0.2) is 27.8 Å². The van der Waals surface area contributed by atoms with Gasteiger partial charge in [0.15, 0.2) is 5.71 Å². The summed E-state index contributed by atoms with van der Waals surface area (Å²) in [6.45, 7) is 0. The number of aromatic carboxylic acids is 1. The Morgan fingerprint density at radius 2 is 1.64 bits per heavy atom. The molecule has 0 atom stereocenters. The number of hydrogen-bond acceptors (Lipinski definition) is 5. The van der Waals surface area contributed by atoms with E-state index in [4.69, 9.17) is 11.6 Å². The molecule has 0 aromatic heterocycles. The zero-order valence-electron chi connectivity index (χ0n) is 19.7. The van der Waals surface area contributed by atoms with E-state index < -0.39 is 28.6 Å². The maximum atomic E-state index is 13.5. The highest BCUT2D eigenvalue weighted by Gasteiger charge is 2.38. The molecule has 1 aliphatic heterocycles. The fourth-order valence-electron chi connectivity index (χ4n) is 4.24. The van der Waals surface area contributed by atoms with E-state index in [2.05, 4.69) is 10.5 Å². The lowest BCUT2D eigenvalue weighted by atomic mass is 10.0. The summed E-state index contributed by atoms with van der Waals surface area (Å²) in [5.41, 5.74) is 3.06. The van der Waals surface area contributed by atoms with Crippen LogP contribution in [0.5, 0.6) is 5.75 Å². The van der Waals surface area contributed by atoms with Crippen molar-refractivity contribution < 1.29 is 33.0 Å². The summed E-state index contributed by atoms with van der Waals surface area (Å²) in [6, 6.07) is 20.3. The van der Waals surface area contributed by atoms with Gasteiger partial charge in [-0.05, 0) is 48.0 Å². The second kappa shape index (κ2) is 9.80. The standard InChI is InChI=1S/C28H17ClF3N3O4/c29-21-12-11-17(14-20(21)28(30,31)32)35-23-10-2-1-7-19(23)24(26(35)37)34-33-22-9-4-8-18(25(22)36)15-5-3-6-16(13-15)27(38)39/h1-14,33,36H,(H,38,39)/b34-24-. The first-order valence-corrected chi connectivity index (χ1v) is 11.7. The highest BCUT2D eigenvalue weighted by Crippen LogP contribution is 2.41. The Balaban J connectivity index is 1.52. The van der Waals surface area contributed by atoms with E-state index in [9.17, 15) is 33.0 Å². The van der Waals surface area contributed by atoms with Crippen LogP contribution in [0.1, 0.15) is 21.5 Å². The van der Waals surface area contributed by atoms with E-state index in [-0.39, 0.29) is 28.4 Å². The normalized spacial score (nSPS) is 14.0. The third-order valence-corrected chi connectivity index (χ3v) is 6.39. The van der Waals surface area contributed by atoms with Crippen LogP contribution in [0.4, 0.5) is 30.2 Å². The van der Waals surface area contributed by atoms with Gasteiger partial charge in [0.25, 0.3) is 5.91 Å². The molecule has 5 rings (SSSR count). The van der Waals surface area contributed by atoms with Gasteiger partial charge in [0.1, 0.15) is 5.75 Å². The molecule has 1 aliphatic rings. The van der Waals surface area contributed by atoms with Gasteiger partial charge < -0.3 is 10.2 Å². The fourth-order valence-corrected chi connectivity index (χ4v) is 4.46. The molecule has 39 heavy (non-hydrogen) atoms. The Labute approximate surface area is 224 Å². The number of aromatic hydroxyl groups is 1. The van der Waals surface area contributed by atoms with E-state index in [0.717, 1.165) is 17.0 Å². The lowest BCUT2D eigenvalue weighted by molar-refractivity contribution is -0.137. The van der Waals surface area contributed by atoms with Gasteiger partial charge in [-0.1, -0.05) is 54.1 Å². The van der Waals surface area contributed by atoms with Crippen molar-refractivity contribution in [3.05, 3.63) is 107 Å². The Bertz CT molecular complexity index is 1670. The number of carboxylic acid groups (broad SMARTS) is 1. The zero-order valence-corrected chi connectivity index (χ0v) is 20.5. The van der Waals surface area contributed by atoms with E-state index in [1.54, 1.807) is 48.5 Å². The van der Waals surface area contributed by atoms with Crippen molar-refractivity contribution in [1.29, 1.82) is 0 Å². The van der Waals surface area contributed by atoms with Crippen molar-refractivity contribution in [2.75, 3.05) is 10.3 Å². The number of anilines is 3. The number of carbonyl (C=O) groups excluding carboxylic acids is 1. The van der Waals surface area contributed by atoms with Crippen LogP contribution in [0.15, 0.2) is 90.0 Å². The number of phenols is 1. The van der Waals surface area contributed by atoms with Crippen LogP contribution in [0.3, 0.4) is 0 Å². The fraction of sp³-hybridized carbons (Fsp3) is 0.0357. The first-order chi connectivity index (χ1) is 18.6. The third-order valence-electron chi connectivity index (χ3n) is 6.06. The first kappa shape index (κ1) is 25.8. The maximum absolute atomic E-state index is 13.5. The lowest BCUT2D eigenvalue weighted by Crippen LogP contribution is -2.26. The highest BCUT2D eigenvalue weighted by atomic mass is 35.5. The van der Waals surface area contributed by atoms with Crippen LogP contribution >= 0.6 is 11.6 Å². The molecule has 196 valence electrons. The molecule has 3 N–H and O–H groups in total. The van der Waals surface area contributed by atoms with Gasteiger partial charge in [-0.3, -0.25) is 15.1 Å². The molecule has 0 saturated carbocycles. The Hall–Kier alpha value is -4.83. The number of carboxylic acids is 1. The number of fused-ring (bicyclic) bond motifs is 1. The molecule has 0 bridgehead atoms. The van der Waals surface area contributed by atoms with Crippen molar-refractivity contribution in [3.63, 3.8) is 0 Å². The van der Waals surface area contributed by atoms with Gasteiger partial charge in [0.05, 0.1) is 33.2 Å². The number of benzene rings is 4. The molecule has 0 unspecified atom stereocenters. The van der Waals surface area contributed by atoms with Crippen LogP contribution in [0.25, 0.3) is 11.1 Å². The summed E-state index contributed by atoms with van der Waals surface area (Å²) in [5.74, 6) is -2.06. The predicted molar refractivity (Wildman–Crippen MR) is 141 cm³/mol. The Kier molecular flexibility index (Phi) is 6.49. The number of para-hydroxylation sites is 2. The van der Waals surface area contributed by atoms with Crippen LogP contribution in [0, 0.1) is 0 Å². The van der Waals surface area contributed by atoms with E-state index in [0.29, 0.717) is 22.4 Å². The molecule has 1 amide bonds. The molecule has 11 heteroatoms. The molecule has 1 heterocycles. The van der Waals surface area contributed by atoms with Crippen molar-refractivity contribution in [2.24, 2.45) is 5.10 Å². The molecular formula is C28H17ClF3N3O4. The third kappa shape index (κ3) is 4.77. The minimum Gasteiger partial charge on any atom is -0.505 e. The van der Waals surface area contributed by atoms with Gasteiger partial charge in [0, 0.05) is 11.1 Å². The molecule has 0 fully saturated rings. The van der Waals surface area contributed by atoms with Gasteiger partial charge in [-0.25, -0.2) is 4.79 Å². The zero-order chi connectivity index (χ0) is 27.9. The average molecular weight is 552 g/mol. The molecule has 0 saturated heterocycles. The summed E-state index contributed by atoms with van der Waals surface area (Å²) < 4.78 is 40.4. The van der Waals surface area contributed by atoms with Gasteiger partial charge in [-0.15, -0.1) is 0 Å². The SMILES string of the molecule is O=C(O)c1cccc(-c2cccc(N/N=C3\C(=O)N(c4ccc(Cl)c(C(F)(F)F)c4)c4ccccc43)c2O)c1. The summed E-state index contributed by atoms with van der Waals surface area (Å²) in [6.07, 6.45) is -4.72. The molecule has 4 aromatic rings. The number of alkyl halides is 3. The van der Waals surface area contributed by atoms with Gasteiger partial charge >= 0.3 is 12.1 Å². The van der Waals surface area contributed by atoms with Crippen LogP contribution < -0.4 is 10.3 Å². The van der Waals surface area contributed by atoms with E-state index in [1.165, 1.54) is 24.3 Å². The number of amides is 1. The summed E-state index contributed by atoms with van der Waals surface area (Å²) in [4.78, 5) is 25.9. The van der Waals surface area contributed by atoms with Crippen LogP contribution in [0.2, 0.25) is 5.02 Å². The summed E-state index contributed by atoms with van der Waals surface area (Å²) >= 11 is 5.76. The molecule has 4 aromatic carbocycles. The molecule has 0 aliphatic carbocycles. The van der Waals surface area contributed by atoms with Crippen molar-refractivity contribution in [1.82, 2.24) is 0 Å². The summed E-state index contributed by atoms with van der Waals surface area (Å²) in [7, 11) is 0. The minimum atomic E-state index is -4.72. The number of nitrogens with zero attached hydrogens (tertiary/aromatic N) is 2. The van der Waals surface area contributed by atoms with Gasteiger partial charge in [-0.2, -0.15) is 18.3 Å². The van der Waals surface area contributed by atoms with E-state index >= 15 is 0 Å². The maximum Gasteiger partial charge on any atom is 0.417 e. The number of hydrazone groups is 1. The number of hydrogen-bond donors (Lipinski definition) is 3. The van der Waals surface area contributed by atoms with Crippen molar-refractivity contribution in [3.8, 4) is 16.9 Å². The molecule has 0 radical (unpaired) electrons. The number of carbonyl (C=O) groups is 2. The van der Waals surface area contributed by atoms with Crippen LogP contribution in [-0.2, 0) is 11.0 Å². The monoisotopic (exact) mass is 551 g/mol. The lowest BCUT2D eigenvalue weighted by Gasteiger charge is -2.19. The van der Waals surface area contributed by atoms with Gasteiger partial charge in [0.2, 0.25) is 0 Å². The average Bonchev–Trinajstić information content (AvgIpc) is 3.19. The molecule has 0 spiro atoms. The topological polar surface area (TPSA) is 102 Å². The van der Waals surface area contributed by atoms with Crippen molar-refractivity contribution >= 4 is 46.3 Å². The molecule has 7 nitrogen and oxygen atoms in total. The Morgan fingerprint density at radius 3 is 2.38 bits per heavy atom. The number of rotatable bonds is 5. The predicted octanol–water partition coefficient (Wildman–Crippen LogP) is 6.92. The highest BCUT2D eigenvalue weighted by molar-refractivity contribution is 6.55. The summed E-state index contributed by atoms with van der Waals surface area (Å²) in [5, 5.41) is 23.8. The van der Waals surface area contributed by atoms with E-state index in [1.807, 2.05) is 0 Å². The second-order valence-electron chi connectivity index (χ2n) is 8.48. The quantitative estimate of drug-likeness (QED) is 0.184. The Morgan fingerprint density at radius 1 is 0.923 bits per heavy atom. The molecular weight excluding hydrogens is 535 g/mol. The number of halogens is 4. The second-order valence-corrected chi connectivity index (χ2v) is 8.89. The smallest absolute Gasteiger partial charge is 0.417 e. The minimum absolute atomic E-state index is 0.0367. The number of phenolic OH excluding ortho intramolecular Hbond substituents is 1.